The molecule has 3 rings (SSSR count). The largest absolute Gasteiger partial charge is 0.320 e. The summed E-state index contributed by atoms with van der Waals surface area (Å²) in [4.78, 5) is 29.3. The molecule has 1 N–H and O–H groups in total. The Labute approximate surface area is 180 Å². The van der Waals surface area contributed by atoms with E-state index in [1.165, 1.54) is 34.7 Å². The van der Waals surface area contributed by atoms with Gasteiger partial charge in [-0.15, -0.1) is 22.7 Å². The number of thiophene rings is 1. The number of carbonyl (C=O) groups is 2. The zero-order valence-electron chi connectivity index (χ0n) is 17.2. The summed E-state index contributed by atoms with van der Waals surface area (Å²) in [6.45, 7) is 8.33. The van der Waals surface area contributed by atoms with E-state index < -0.39 is 0 Å². The molecule has 0 saturated heterocycles. The van der Waals surface area contributed by atoms with Crippen LogP contribution < -0.4 is 5.32 Å². The third kappa shape index (κ3) is 5.95. The number of allylic oxidation sites excluding steroid dienone is 2. The third-order valence-electron chi connectivity index (χ3n) is 4.00. The highest BCUT2D eigenvalue weighted by Crippen LogP contribution is 2.35. The second kappa shape index (κ2) is 11.4. The number of aromatic nitrogens is 1. The lowest BCUT2D eigenvalue weighted by atomic mass is 10.0. The number of amides is 1. The van der Waals surface area contributed by atoms with Crippen molar-refractivity contribution in [2.24, 2.45) is 0 Å². The van der Waals surface area contributed by atoms with Crippen LogP contribution in [0.2, 0.25) is 0 Å². The van der Waals surface area contributed by atoms with Crippen LogP contribution in [0.15, 0.2) is 48.0 Å². The van der Waals surface area contributed by atoms with Crippen molar-refractivity contribution in [3.05, 3.63) is 63.4 Å². The Kier molecular flexibility index (Phi) is 8.96. The lowest BCUT2D eigenvalue weighted by Crippen LogP contribution is -2.11. The Morgan fingerprint density at radius 1 is 1.17 bits per heavy atom. The summed E-state index contributed by atoms with van der Waals surface area (Å²) < 4.78 is 0. The summed E-state index contributed by atoms with van der Waals surface area (Å²) in [6, 6.07) is 9.68. The van der Waals surface area contributed by atoms with E-state index in [9.17, 15) is 9.59 Å². The van der Waals surface area contributed by atoms with E-state index in [1.807, 2.05) is 31.2 Å². The van der Waals surface area contributed by atoms with Gasteiger partial charge >= 0.3 is 0 Å². The van der Waals surface area contributed by atoms with E-state index in [4.69, 9.17) is 0 Å². The maximum absolute atomic E-state index is 12.1. The molecule has 1 aromatic carbocycles. The first kappa shape index (κ1) is 22.7. The summed E-state index contributed by atoms with van der Waals surface area (Å²) in [5.74, 6) is -0.213. The number of rotatable bonds is 6. The zero-order chi connectivity index (χ0) is 21.2. The van der Waals surface area contributed by atoms with Crippen LogP contribution in [-0.2, 0) is 0 Å². The average molecular weight is 427 g/mol. The predicted molar refractivity (Wildman–Crippen MR) is 125 cm³/mol. The summed E-state index contributed by atoms with van der Waals surface area (Å²) in [5, 5.41) is 5.04. The topological polar surface area (TPSA) is 59.1 Å². The quantitative estimate of drug-likeness (QED) is 0.425. The van der Waals surface area contributed by atoms with Crippen LogP contribution in [0, 0.1) is 0 Å². The first-order chi connectivity index (χ1) is 14.1. The first-order valence-electron chi connectivity index (χ1n) is 9.63. The molecule has 29 heavy (non-hydrogen) atoms. The molecule has 0 radical (unpaired) electrons. The summed E-state index contributed by atoms with van der Waals surface area (Å²) in [7, 11) is 0. The van der Waals surface area contributed by atoms with Crippen molar-refractivity contribution in [3.8, 4) is 10.4 Å². The smallest absolute Gasteiger partial charge is 0.284 e. The minimum absolute atomic E-state index is 0.213. The molecule has 0 spiro atoms. The molecule has 0 unspecified atom stereocenters. The fourth-order valence-corrected chi connectivity index (χ4v) is 4.22. The minimum Gasteiger partial charge on any atom is -0.320 e. The number of carbonyl (C=O) groups excluding carboxylic acids is 2. The van der Waals surface area contributed by atoms with Crippen molar-refractivity contribution < 1.29 is 9.59 Å². The molecule has 3 aromatic rings. The standard InChI is InChI=1S/C20H18N2O2S2.C3H8/c1-3-13(4-2)16-11-17(26-18(16)12-23)14-5-7-15(8-6-14)22-19(24)20-21-9-10-25-20;1-3-2/h3,5-12H,4H2,1-2H3,(H,22,24);3H2,1-2H3/b13-3-;. The van der Waals surface area contributed by atoms with Crippen molar-refractivity contribution in [2.45, 2.75) is 40.5 Å². The van der Waals surface area contributed by atoms with Crippen LogP contribution in [0.3, 0.4) is 0 Å². The second-order valence-electron chi connectivity index (χ2n) is 6.25. The highest BCUT2D eigenvalue weighted by molar-refractivity contribution is 7.17. The highest BCUT2D eigenvalue weighted by Gasteiger charge is 2.13. The van der Waals surface area contributed by atoms with Gasteiger partial charge in [-0.25, -0.2) is 4.98 Å². The van der Waals surface area contributed by atoms with E-state index in [1.54, 1.807) is 11.6 Å². The minimum atomic E-state index is -0.213. The third-order valence-corrected chi connectivity index (χ3v) is 5.88. The maximum atomic E-state index is 12.1. The van der Waals surface area contributed by atoms with E-state index >= 15 is 0 Å². The Hall–Kier alpha value is -2.57. The molecule has 152 valence electrons. The first-order valence-corrected chi connectivity index (χ1v) is 11.3. The van der Waals surface area contributed by atoms with Gasteiger partial charge in [-0.1, -0.05) is 45.4 Å². The van der Waals surface area contributed by atoms with Crippen molar-refractivity contribution in [3.63, 3.8) is 0 Å². The van der Waals surface area contributed by atoms with E-state index in [2.05, 4.69) is 43.2 Å². The monoisotopic (exact) mass is 426 g/mol. The molecule has 0 aliphatic heterocycles. The van der Waals surface area contributed by atoms with Gasteiger partial charge in [-0.3, -0.25) is 9.59 Å². The molecule has 2 heterocycles. The van der Waals surface area contributed by atoms with Crippen molar-refractivity contribution in [1.29, 1.82) is 0 Å². The Morgan fingerprint density at radius 2 is 1.86 bits per heavy atom. The van der Waals surface area contributed by atoms with Gasteiger partial charge < -0.3 is 5.32 Å². The van der Waals surface area contributed by atoms with Gasteiger partial charge in [0.25, 0.3) is 5.91 Å². The number of nitrogens with zero attached hydrogens (tertiary/aromatic N) is 1. The molecule has 2 aromatic heterocycles. The van der Waals surface area contributed by atoms with E-state index in [0.717, 1.165) is 33.6 Å². The maximum Gasteiger partial charge on any atom is 0.284 e. The molecule has 0 atom stereocenters. The number of aldehydes is 1. The van der Waals surface area contributed by atoms with Crippen molar-refractivity contribution >= 4 is 46.1 Å². The van der Waals surface area contributed by atoms with Gasteiger partial charge in [0.05, 0.1) is 4.88 Å². The summed E-state index contributed by atoms with van der Waals surface area (Å²) in [6.07, 6.45) is 6.72. The molecule has 4 nitrogen and oxygen atoms in total. The highest BCUT2D eigenvalue weighted by atomic mass is 32.1. The molecule has 0 aliphatic carbocycles. The molecule has 0 aliphatic rings. The van der Waals surface area contributed by atoms with E-state index in [-0.39, 0.29) is 5.91 Å². The fraction of sp³-hybridized carbons (Fsp3) is 0.261. The number of hydrogen-bond acceptors (Lipinski definition) is 5. The van der Waals surface area contributed by atoms with E-state index in [0.29, 0.717) is 10.7 Å². The fourth-order valence-electron chi connectivity index (χ4n) is 2.67. The van der Waals surface area contributed by atoms with Gasteiger partial charge in [-0.2, -0.15) is 0 Å². The molecule has 6 heteroatoms. The van der Waals surface area contributed by atoms with Crippen molar-refractivity contribution in [2.75, 3.05) is 5.32 Å². The zero-order valence-corrected chi connectivity index (χ0v) is 18.8. The Morgan fingerprint density at radius 3 is 2.38 bits per heavy atom. The van der Waals surface area contributed by atoms with Crippen LogP contribution in [0.5, 0.6) is 0 Å². The lowest BCUT2D eigenvalue weighted by Gasteiger charge is -2.04. The van der Waals surface area contributed by atoms with Crippen LogP contribution in [0.25, 0.3) is 16.0 Å². The number of anilines is 1. The predicted octanol–water partition coefficient (Wildman–Crippen LogP) is 7.17. The number of hydrogen-bond donors (Lipinski definition) is 1. The van der Waals surface area contributed by atoms with Gasteiger partial charge in [0.15, 0.2) is 11.3 Å². The Balaban J connectivity index is 0.000000941. The number of nitrogens with one attached hydrogen (secondary N) is 1. The van der Waals surface area contributed by atoms with Crippen LogP contribution in [-0.4, -0.2) is 17.2 Å². The van der Waals surface area contributed by atoms with Crippen molar-refractivity contribution in [1.82, 2.24) is 4.98 Å². The summed E-state index contributed by atoms with van der Waals surface area (Å²) >= 11 is 2.79. The number of thiazole rings is 1. The molecule has 1 amide bonds. The second-order valence-corrected chi connectivity index (χ2v) is 8.23. The molecular formula is C23H26N2O2S2. The lowest BCUT2D eigenvalue weighted by molar-refractivity contribution is 0.102. The van der Waals surface area contributed by atoms with Crippen LogP contribution in [0.1, 0.15) is 65.6 Å². The average Bonchev–Trinajstić information content (AvgIpc) is 3.41. The SMILES string of the molecule is C/C=C(/CC)c1cc(-c2ccc(NC(=O)c3nccs3)cc2)sc1C=O.CCC. The van der Waals surface area contributed by atoms with Gasteiger partial charge in [0.2, 0.25) is 0 Å². The van der Waals surface area contributed by atoms with Gasteiger partial charge in [0, 0.05) is 22.1 Å². The molecule has 0 bridgehead atoms. The molecular weight excluding hydrogens is 400 g/mol. The number of benzene rings is 1. The molecule has 0 saturated carbocycles. The van der Waals surface area contributed by atoms with Crippen LogP contribution >= 0.6 is 22.7 Å². The normalized spacial score (nSPS) is 10.8. The van der Waals surface area contributed by atoms with Gasteiger partial charge in [-0.05, 0) is 48.2 Å². The Bertz CT molecular complexity index is 955. The van der Waals surface area contributed by atoms with Gasteiger partial charge in [0.1, 0.15) is 0 Å². The molecule has 0 fully saturated rings. The summed E-state index contributed by atoms with van der Waals surface area (Å²) in [5.41, 5.74) is 3.90. The van der Waals surface area contributed by atoms with Crippen LogP contribution in [0.4, 0.5) is 5.69 Å².